The Morgan fingerprint density at radius 2 is 1.89 bits per heavy atom. The van der Waals surface area contributed by atoms with E-state index in [1.807, 2.05) is 25.2 Å². The number of carbonyl (C=O) groups excluding carboxylic acids is 1. The third-order valence-corrected chi connectivity index (χ3v) is 7.72. The van der Waals surface area contributed by atoms with Gasteiger partial charge in [-0.1, -0.05) is 41.9 Å². The first-order valence-corrected chi connectivity index (χ1v) is 12.7. The molecule has 2 heterocycles. The molecule has 1 aliphatic carbocycles. The fourth-order valence-electron chi connectivity index (χ4n) is 5.21. The van der Waals surface area contributed by atoms with Crippen molar-refractivity contribution in [2.75, 3.05) is 38.3 Å². The van der Waals surface area contributed by atoms with Gasteiger partial charge in [-0.2, -0.15) is 0 Å². The Labute approximate surface area is 211 Å². The summed E-state index contributed by atoms with van der Waals surface area (Å²) in [7, 11) is 3.67. The van der Waals surface area contributed by atoms with E-state index in [4.69, 9.17) is 16.3 Å². The van der Waals surface area contributed by atoms with E-state index in [9.17, 15) is 4.79 Å². The lowest BCUT2D eigenvalue weighted by molar-refractivity contribution is -0.125. The smallest absolute Gasteiger partial charge is 0.223 e. The lowest BCUT2D eigenvalue weighted by Crippen LogP contribution is -2.41. The molecule has 0 unspecified atom stereocenters. The normalized spacial score (nSPS) is 17.4. The lowest BCUT2D eigenvalue weighted by atomic mass is 9.95. The van der Waals surface area contributed by atoms with Crippen LogP contribution in [0.1, 0.15) is 37.1 Å². The Balaban J connectivity index is 1.28. The fraction of sp³-hybridized carbons (Fsp3) is 0.444. The van der Waals surface area contributed by atoms with E-state index < -0.39 is 0 Å². The number of anilines is 1. The molecule has 35 heavy (non-hydrogen) atoms. The largest absolute Gasteiger partial charge is 0.383 e. The third-order valence-electron chi connectivity index (χ3n) is 7.41. The van der Waals surface area contributed by atoms with Crippen molar-refractivity contribution in [1.29, 1.82) is 0 Å². The molecule has 2 aromatic carbocycles. The molecule has 0 spiro atoms. The second kappa shape index (κ2) is 9.99. The summed E-state index contributed by atoms with van der Waals surface area (Å²) in [6.45, 7) is 2.75. The van der Waals surface area contributed by atoms with E-state index >= 15 is 0 Å². The van der Waals surface area contributed by atoms with Gasteiger partial charge in [-0.3, -0.25) is 4.79 Å². The van der Waals surface area contributed by atoms with E-state index in [2.05, 4.69) is 55.3 Å². The number of aromatic nitrogens is 3. The molecule has 1 N–H and O–H groups in total. The van der Waals surface area contributed by atoms with Gasteiger partial charge in [0.1, 0.15) is 5.82 Å². The number of rotatable bonds is 8. The van der Waals surface area contributed by atoms with E-state index in [-0.39, 0.29) is 17.2 Å². The summed E-state index contributed by atoms with van der Waals surface area (Å²) in [5.74, 6) is 1.95. The summed E-state index contributed by atoms with van der Waals surface area (Å²) in [6.07, 6.45) is 3.81. The van der Waals surface area contributed by atoms with Crippen molar-refractivity contribution < 1.29 is 9.53 Å². The van der Waals surface area contributed by atoms with Crippen LogP contribution in [-0.4, -0.2) is 54.0 Å². The number of hydrogen-bond donors (Lipinski definition) is 1. The van der Waals surface area contributed by atoms with Gasteiger partial charge in [0.25, 0.3) is 0 Å². The molecule has 2 fully saturated rings. The summed E-state index contributed by atoms with van der Waals surface area (Å²) < 4.78 is 7.10. The molecule has 1 aromatic heterocycles. The van der Waals surface area contributed by atoms with E-state index in [1.165, 1.54) is 5.56 Å². The molecule has 5 rings (SSSR count). The van der Waals surface area contributed by atoms with Crippen LogP contribution >= 0.6 is 11.6 Å². The SMILES string of the molecule is COCCNC(=O)C1CCN(c2ccc(-c3nnc(C4(c5ccccc5)CC4)n3C)c(Cl)c2)CC1. The van der Waals surface area contributed by atoms with Crippen molar-refractivity contribution in [3.8, 4) is 11.4 Å². The zero-order valence-electron chi connectivity index (χ0n) is 20.3. The highest BCUT2D eigenvalue weighted by molar-refractivity contribution is 6.33. The Morgan fingerprint density at radius 1 is 1.14 bits per heavy atom. The molecule has 0 radical (unpaired) electrons. The molecule has 3 aromatic rings. The fourth-order valence-corrected chi connectivity index (χ4v) is 5.47. The minimum absolute atomic E-state index is 0.0477. The van der Waals surface area contributed by atoms with Crippen molar-refractivity contribution >= 4 is 23.2 Å². The maximum atomic E-state index is 12.3. The van der Waals surface area contributed by atoms with Crippen LogP contribution in [0.4, 0.5) is 5.69 Å². The predicted molar refractivity (Wildman–Crippen MR) is 138 cm³/mol. The van der Waals surface area contributed by atoms with Crippen LogP contribution in [0, 0.1) is 5.92 Å². The maximum absolute atomic E-state index is 12.3. The summed E-state index contributed by atoms with van der Waals surface area (Å²) >= 11 is 6.78. The number of halogens is 1. The average molecular weight is 494 g/mol. The number of amides is 1. The summed E-state index contributed by atoms with van der Waals surface area (Å²) in [4.78, 5) is 14.6. The number of ether oxygens (including phenoxy) is 1. The van der Waals surface area contributed by atoms with Crippen LogP contribution in [0.25, 0.3) is 11.4 Å². The molecule has 2 aliphatic rings. The number of benzene rings is 2. The molecule has 184 valence electrons. The molecular formula is C27H32ClN5O2. The van der Waals surface area contributed by atoms with Crippen molar-refractivity contribution in [3.63, 3.8) is 0 Å². The molecule has 0 atom stereocenters. The van der Waals surface area contributed by atoms with Crippen molar-refractivity contribution in [3.05, 3.63) is 64.9 Å². The highest BCUT2D eigenvalue weighted by Gasteiger charge is 2.49. The standard InChI is InChI=1S/C27H32ClN5O2/c1-32-24(30-31-26(32)27(12-13-27)20-6-4-3-5-7-20)22-9-8-21(18-23(22)28)33-15-10-19(11-16-33)25(34)29-14-17-35-2/h3-9,18-19H,10-17H2,1-2H3,(H,29,34). The van der Waals surface area contributed by atoms with Gasteiger partial charge in [0.15, 0.2) is 5.82 Å². The minimum Gasteiger partial charge on any atom is -0.383 e. The van der Waals surface area contributed by atoms with Crippen LogP contribution in [0.2, 0.25) is 5.02 Å². The number of carbonyl (C=O) groups is 1. The Bertz CT molecular complexity index is 1180. The third kappa shape index (κ3) is 4.67. The molecular weight excluding hydrogens is 462 g/mol. The molecule has 1 amide bonds. The first-order chi connectivity index (χ1) is 17.0. The van der Waals surface area contributed by atoms with Crippen LogP contribution < -0.4 is 10.2 Å². The Kier molecular flexibility index (Phi) is 6.80. The Hall–Kier alpha value is -2.90. The number of hydrogen-bond acceptors (Lipinski definition) is 5. The number of piperidine rings is 1. The van der Waals surface area contributed by atoms with Gasteiger partial charge < -0.3 is 19.5 Å². The van der Waals surface area contributed by atoms with Crippen LogP contribution in [0.15, 0.2) is 48.5 Å². The highest BCUT2D eigenvalue weighted by Crippen LogP contribution is 2.53. The van der Waals surface area contributed by atoms with Gasteiger partial charge in [-0.05, 0) is 49.4 Å². The van der Waals surface area contributed by atoms with Gasteiger partial charge in [0, 0.05) is 51.0 Å². The van der Waals surface area contributed by atoms with Gasteiger partial charge in [-0.15, -0.1) is 10.2 Å². The quantitative estimate of drug-likeness (QED) is 0.476. The number of nitrogens with zero attached hydrogens (tertiary/aromatic N) is 4. The molecule has 1 saturated heterocycles. The zero-order valence-corrected chi connectivity index (χ0v) is 21.1. The van der Waals surface area contributed by atoms with Gasteiger partial charge in [0.2, 0.25) is 5.91 Å². The lowest BCUT2D eigenvalue weighted by Gasteiger charge is -2.33. The second-order valence-corrected chi connectivity index (χ2v) is 9.97. The molecule has 7 nitrogen and oxygen atoms in total. The maximum Gasteiger partial charge on any atom is 0.223 e. The minimum atomic E-state index is -0.0477. The van der Waals surface area contributed by atoms with Gasteiger partial charge >= 0.3 is 0 Å². The van der Waals surface area contributed by atoms with E-state index in [0.29, 0.717) is 18.2 Å². The topological polar surface area (TPSA) is 72.3 Å². The van der Waals surface area contributed by atoms with Crippen molar-refractivity contribution in [1.82, 2.24) is 20.1 Å². The summed E-state index contributed by atoms with van der Waals surface area (Å²) in [5.41, 5.74) is 3.20. The summed E-state index contributed by atoms with van der Waals surface area (Å²) in [5, 5.41) is 12.8. The average Bonchev–Trinajstić information content (AvgIpc) is 3.61. The first-order valence-electron chi connectivity index (χ1n) is 12.3. The number of nitrogens with one attached hydrogen (secondary N) is 1. The van der Waals surface area contributed by atoms with Crippen LogP contribution in [0.5, 0.6) is 0 Å². The highest BCUT2D eigenvalue weighted by atomic mass is 35.5. The van der Waals surface area contributed by atoms with Crippen molar-refractivity contribution in [2.24, 2.45) is 13.0 Å². The predicted octanol–water partition coefficient (Wildman–Crippen LogP) is 4.19. The summed E-state index contributed by atoms with van der Waals surface area (Å²) in [6, 6.07) is 16.7. The van der Waals surface area contributed by atoms with Crippen LogP contribution in [0.3, 0.4) is 0 Å². The number of methoxy groups -OCH3 is 1. The zero-order chi connectivity index (χ0) is 24.4. The molecule has 8 heteroatoms. The van der Waals surface area contributed by atoms with Gasteiger partial charge in [-0.25, -0.2) is 0 Å². The Morgan fingerprint density at radius 3 is 2.54 bits per heavy atom. The van der Waals surface area contributed by atoms with E-state index in [0.717, 1.165) is 61.7 Å². The monoisotopic (exact) mass is 493 g/mol. The van der Waals surface area contributed by atoms with E-state index in [1.54, 1.807) is 7.11 Å². The van der Waals surface area contributed by atoms with Crippen molar-refractivity contribution in [2.45, 2.75) is 31.1 Å². The second-order valence-electron chi connectivity index (χ2n) is 9.56. The molecule has 1 aliphatic heterocycles. The first kappa shape index (κ1) is 23.8. The van der Waals surface area contributed by atoms with Crippen LogP contribution in [-0.2, 0) is 22.0 Å². The molecule has 1 saturated carbocycles. The molecule has 0 bridgehead atoms. The van der Waals surface area contributed by atoms with Gasteiger partial charge in [0.05, 0.1) is 17.0 Å².